The van der Waals surface area contributed by atoms with Crippen molar-refractivity contribution < 1.29 is 14.3 Å². The van der Waals surface area contributed by atoms with Crippen molar-refractivity contribution in [1.29, 1.82) is 0 Å². The molecule has 0 N–H and O–H groups in total. The summed E-state index contributed by atoms with van der Waals surface area (Å²) in [6, 6.07) is 0. The topological polar surface area (TPSA) is 46.6 Å². The molecular formula is C7H11NO3. The zero-order chi connectivity index (χ0) is 8.27. The molecule has 1 heterocycles. The van der Waals surface area contributed by atoms with Crippen molar-refractivity contribution in [3.8, 4) is 0 Å². The molecule has 1 saturated heterocycles. The minimum absolute atomic E-state index is 0.0831. The maximum Gasteiger partial charge on any atom is 0.320 e. The van der Waals surface area contributed by atoms with Crippen LogP contribution in [0.4, 0.5) is 0 Å². The first kappa shape index (κ1) is 8.20. The number of carbonyl (C=O) groups excluding carboxylic acids is 2. The Kier molecular flexibility index (Phi) is 2.59. The van der Waals surface area contributed by atoms with Gasteiger partial charge in [-0.15, -0.1) is 0 Å². The highest BCUT2D eigenvalue weighted by molar-refractivity contribution is 5.79. The number of nitrogens with zero attached hydrogens (tertiary/aromatic N) is 1. The second-order valence-corrected chi connectivity index (χ2v) is 2.63. The van der Waals surface area contributed by atoms with Gasteiger partial charge in [0.25, 0.3) is 0 Å². The molecule has 62 valence electrons. The summed E-state index contributed by atoms with van der Waals surface area (Å²) in [6.45, 7) is 3.20. The summed E-state index contributed by atoms with van der Waals surface area (Å²) >= 11 is 0. The van der Waals surface area contributed by atoms with Gasteiger partial charge in [0.2, 0.25) is 0 Å². The van der Waals surface area contributed by atoms with E-state index in [-0.39, 0.29) is 18.3 Å². The lowest BCUT2D eigenvalue weighted by molar-refractivity contribution is -0.150. The van der Waals surface area contributed by atoms with Gasteiger partial charge < -0.3 is 4.74 Å². The van der Waals surface area contributed by atoms with Gasteiger partial charge in [-0.05, 0) is 6.92 Å². The van der Waals surface area contributed by atoms with Crippen LogP contribution >= 0.6 is 0 Å². The Morgan fingerprint density at radius 2 is 2.45 bits per heavy atom. The van der Waals surface area contributed by atoms with Gasteiger partial charge in [-0.25, -0.2) is 0 Å². The van der Waals surface area contributed by atoms with Crippen LogP contribution in [0, 0.1) is 0 Å². The Bertz CT molecular complexity index is 177. The molecule has 0 unspecified atom stereocenters. The number of hydrogen-bond acceptors (Lipinski definition) is 4. The molecule has 1 aliphatic heterocycles. The fraction of sp³-hybridized carbons (Fsp3) is 0.714. The number of hydrogen-bond donors (Lipinski definition) is 0. The van der Waals surface area contributed by atoms with E-state index in [1.807, 2.05) is 0 Å². The number of Topliss-reactive ketones (excluding diaryl/α,β-unsaturated/α-hetero) is 1. The molecule has 0 spiro atoms. The zero-order valence-electron chi connectivity index (χ0n) is 6.50. The average molecular weight is 157 g/mol. The Hall–Kier alpha value is -0.900. The molecule has 0 aromatic heterocycles. The predicted octanol–water partition coefficient (Wildman–Crippen LogP) is -0.566. The van der Waals surface area contributed by atoms with Crippen LogP contribution < -0.4 is 0 Å². The van der Waals surface area contributed by atoms with Gasteiger partial charge >= 0.3 is 5.97 Å². The van der Waals surface area contributed by atoms with E-state index < -0.39 is 0 Å². The Labute approximate surface area is 65.1 Å². The Morgan fingerprint density at radius 1 is 1.73 bits per heavy atom. The van der Waals surface area contributed by atoms with Crippen molar-refractivity contribution in [1.82, 2.24) is 4.90 Å². The molecule has 0 aromatic carbocycles. The van der Waals surface area contributed by atoms with Crippen molar-refractivity contribution in [3.63, 3.8) is 0 Å². The van der Waals surface area contributed by atoms with E-state index in [9.17, 15) is 9.59 Å². The molecular weight excluding hydrogens is 146 g/mol. The average Bonchev–Trinajstić information content (AvgIpc) is 1.85. The molecule has 0 aromatic rings. The van der Waals surface area contributed by atoms with Crippen molar-refractivity contribution in [2.75, 3.05) is 26.2 Å². The van der Waals surface area contributed by atoms with Crippen LogP contribution in [0.15, 0.2) is 0 Å². The van der Waals surface area contributed by atoms with Crippen LogP contribution in [0.25, 0.3) is 0 Å². The highest BCUT2D eigenvalue weighted by Gasteiger charge is 2.18. The number of morpholine rings is 1. The summed E-state index contributed by atoms with van der Waals surface area (Å²) in [6.07, 6.45) is 0. The van der Waals surface area contributed by atoms with E-state index in [2.05, 4.69) is 0 Å². The summed E-state index contributed by atoms with van der Waals surface area (Å²) in [5, 5.41) is 0. The molecule has 1 aliphatic rings. The van der Waals surface area contributed by atoms with Gasteiger partial charge in [-0.1, -0.05) is 0 Å². The summed E-state index contributed by atoms with van der Waals surface area (Å²) in [5.41, 5.74) is 0. The van der Waals surface area contributed by atoms with Crippen molar-refractivity contribution >= 4 is 11.8 Å². The van der Waals surface area contributed by atoms with E-state index in [4.69, 9.17) is 4.74 Å². The quantitative estimate of drug-likeness (QED) is 0.504. The smallest absolute Gasteiger partial charge is 0.320 e. The molecule has 0 saturated carbocycles. The molecule has 4 nitrogen and oxygen atoms in total. The maximum atomic E-state index is 10.7. The fourth-order valence-corrected chi connectivity index (χ4v) is 1.05. The third kappa shape index (κ3) is 2.67. The van der Waals surface area contributed by atoms with Gasteiger partial charge in [0.05, 0.1) is 13.1 Å². The SMILES string of the molecule is CC(=O)CN1CCOC(=O)C1. The number of ether oxygens (including phenoxy) is 1. The predicted molar refractivity (Wildman–Crippen MR) is 38.1 cm³/mol. The number of ketones is 1. The van der Waals surface area contributed by atoms with Gasteiger partial charge in [0, 0.05) is 6.54 Å². The van der Waals surface area contributed by atoms with Crippen LogP contribution in [0.1, 0.15) is 6.92 Å². The largest absolute Gasteiger partial charge is 0.463 e. The molecule has 0 aliphatic carbocycles. The van der Waals surface area contributed by atoms with Gasteiger partial charge in [0.1, 0.15) is 12.4 Å². The third-order valence-corrected chi connectivity index (χ3v) is 1.47. The Morgan fingerprint density at radius 3 is 3.00 bits per heavy atom. The van der Waals surface area contributed by atoms with Crippen LogP contribution in [-0.2, 0) is 14.3 Å². The molecule has 1 rings (SSSR count). The minimum atomic E-state index is -0.238. The Balaban J connectivity index is 2.34. The van der Waals surface area contributed by atoms with Crippen LogP contribution in [-0.4, -0.2) is 42.9 Å². The van der Waals surface area contributed by atoms with E-state index >= 15 is 0 Å². The van der Waals surface area contributed by atoms with E-state index in [1.54, 1.807) is 4.90 Å². The van der Waals surface area contributed by atoms with Crippen LogP contribution in [0.2, 0.25) is 0 Å². The summed E-state index contributed by atoms with van der Waals surface area (Å²) in [7, 11) is 0. The summed E-state index contributed by atoms with van der Waals surface area (Å²) in [5.74, 6) is -0.155. The molecule has 11 heavy (non-hydrogen) atoms. The normalized spacial score (nSPS) is 19.5. The van der Waals surface area contributed by atoms with Crippen LogP contribution in [0.5, 0.6) is 0 Å². The first-order chi connectivity index (χ1) is 5.18. The molecule has 0 bridgehead atoms. The maximum absolute atomic E-state index is 10.7. The lowest BCUT2D eigenvalue weighted by Crippen LogP contribution is -2.41. The summed E-state index contributed by atoms with van der Waals surface area (Å²) < 4.78 is 4.70. The first-order valence-corrected chi connectivity index (χ1v) is 3.56. The lowest BCUT2D eigenvalue weighted by Gasteiger charge is -2.24. The van der Waals surface area contributed by atoms with E-state index in [1.165, 1.54) is 6.92 Å². The monoisotopic (exact) mass is 157 g/mol. The molecule has 4 heteroatoms. The third-order valence-electron chi connectivity index (χ3n) is 1.47. The van der Waals surface area contributed by atoms with E-state index in [0.29, 0.717) is 19.7 Å². The van der Waals surface area contributed by atoms with Gasteiger partial charge in [0.15, 0.2) is 0 Å². The number of cyclic esters (lactones) is 1. The number of esters is 1. The van der Waals surface area contributed by atoms with Crippen molar-refractivity contribution in [3.05, 3.63) is 0 Å². The second kappa shape index (κ2) is 3.48. The zero-order valence-corrected chi connectivity index (χ0v) is 6.50. The van der Waals surface area contributed by atoms with Gasteiger partial charge in [-0.3, -0.25) is 14.5 Å². The van der Waals surface area contributed by atoms with Crippen LogP contribution in [0.3, 0.4) is 0 Å². The summed E-state index contributed by atoms with van der Waals surface area (Å²) in [4.78, 5) is 23.1. The fourth-order valence-electron chi connectivity index (χ4n) is 1.05. The number of rotatable bonds is 2. The standard InChI is InChI=1S/C7H11NO3/c1-6(9)4-8-2-3-11-7(10)5-8/h2-5H2,1H3. The first-order valence-electron chi connectivity index (χ1n) is 3.56. The van der Waals surface area contributed by atoms with Crippen molar-refractivity contribution in [2.24, 2.45) is 0 Å². The highest BCUT2D eigenvalue weighted by Crippen LogP contribution is 1.97. The molecule has 0 radical (unpaired) electrons. The second-order valence-electron chi connectivity index (χ2n) is 2.63. The van der Waals surface area contributed by atoms with Gasteiger partial charge in [-0.2, -0.15) is 0 Å². The number of carbonyl (C=O) groups is 2. The molecule has 1 fully saturated rings. The minimum Gasteiger partial charge on any atom is -0.463 e. The lowest BCUT2D eigenvalue weighted by atomic mass is 10.3. The van der Waals surface area contributed by atoms with Crippen molar-refractivity contribution in [2.45, 2.75) is 6.92 Å². The van der Waals surface area contributed by atoms with E-state index in [0.717, 1.165) is 0 Å². The highest BCUT2D eigenvalue weighted by atomic mass is 16.5. The molecule has 0 atom stereocenters. The molecule has 0 amide bonds.